The summed E-state index contributed by atoms with van der Waals surface area (Å²) >= 11 is 0. The van der Waals surface area contributed by atoms with Gasteiger partial charge in [-0.1, -0.05) is 38.8 Å². The largest absolute Gasteiger partial charge is 0.459 e. The Kier molecular flexibility index (Phi) is 6.92. The Labute approximate surface area is 176 Å². The fourth-order valence-electron chi connectivity index (χ4n) is 3.73. The lowest BCUT2D eigenvalue weighted by Crippen LogP contribution is -2.47. The zero-order chi connectivity index (χ0) is 21.7. The van der Waals surface area contributed by atoms with E-state index in [0.29, 0.717) is 11.8 Å². The van der Waals surface area contributed by atoms with Gasteiger partial charge in [0.2, 0.25) is 0 Å². The fraction of sp³-hybridized carbons (Fsp3) is 0.435. The van der Waals surface area contributed by atoms with Gasteiger partial charge in [0.05, 0.1) is 17.5 Å². The quantitative estimate of drug-likeness (QED) is 0.699. The molecule has 30 heavy (non-hydrogen) atoms. The number of furan rings is 1. The molecule has 3 rings (SSSR count). The second-order valence-corrected chi connectivity index (χ2v) is 7.91. The van der Waals surface area contributed by atoms with Crippen LogP contribution in [0.4, 0.5) is 5.69 Å². The van der Waals surface area contributed by atoms with Gasteiger partial charge in [0, 0.05) is 6.04 Å². The first-order chi connectivity index (χ1) is 14.4. The number of benzene rings is 1. The molecule has 0 unspecified atom stereocenters. The SMILES string of the molecule is C[C@@H]1[C@H](C)CCC[C@H]1NC(=O)[C@@H](C)OC(=O)c1ccccc1NC(=O)c1ccco1. The Hall–Kier alpha value is -3.09. The van der Waals surface area contributed by atoms with Crippen LogP contribution in [0.25, 0.3) is 0 Å². The number of amides is 2. The number of nitrogens with one attached hydrogen (secondary N) is 2. The monoisotopic (exact) mass is 412 g/mol. The Bertz CT molecular complexity index is 893. The maximum atomic E-state index is 12.7. The van der Waals surface area contributed by atoms with Crippen LogP contribution in [0.3, 0.4) is 0 Å². The highest BCUT2D eigenvalue weighted by molar-refractivity contribution is 6.06. The highest BCUT2D eigenvalue weighted by Gasteiger charge is 2.30. The topological polar surface area (TPSA) is 97.6 Å². The van der Waals surface area contributed by atoms with Gasteiger partial charge in [-0.15, -0.1) is 0 Å². The zero-order valence-corrected chi connectivity index (χ0v) is 17.5. The molecule has 7 heteroatoms. The van der Waals surface area contributed by atoms with E-state index >= 15 is 0 Å². The van der Waals surface area contributed by atoms with Crippen molar-refractivity contribution in [3.8, 4) is 0 Å². The van der Waals surface area contributed by atoms with Gasteiger partial charge < -0.3 is 19.8 Å². The van der Waals surface area contributed by atoms with Gasteiger partial charge in [-0.2, -0.15) is 0 Å². The number of carbonyl (C=O) groups excluding carboxylic acids is 3. The molecule has 2 N–H and O–H groups in total. The van der Waals surface area contributed by atoms with Crippen LogP contribution >= 0.6 is 0 Å². The second kappa shape index (κ2) is 9.61. The van der Waals surface area contributed by atoms with Crippen LogP contribution in [-0.2, 0) is 9.53 Å². The van der Waals surface area contributed by atoms with Crippen molar-refractivity contribution in [1.82, 2.24) is 5.32 Å². The van der Waals surface area contributed by atoms with Crippen molar-refractivity contribution in [3.63, 3.8) is 0 Å². The Morgan fingerprint density at radius 3 is 2.60 bits per heavy atom. The summed E-state index contributed by atoms with van der Waals surface area (Å²) in [6.07, 6.45) is 3.62. The lowest BCUT2D eigenvalue weighted by Gasteiger charge is -2.35. The first-order valence-electron chi connectivity index (χ1n) is 10.3. The van der Waals surface area contributed by atoms with Crippen molar-refractivity contribution in [1.29, 1.82) is 0 Å². The van der Waals surface area contributed by atoms with Gasteiger partial charge in [0.1, 0.15) is 0 Å². The molecule has 7 nitrogen and oxygen atoms in total. The number of ether oxygens (including phenoxy) is 1. The molecule has 1 aliphatic rings. The number of rotatable bonds is 6. The summed E-state index contributed by atoms with van der Waals surface area (Å²) in [5.41, 5.74) is 0.447. The summed E-state index contributed by atoms with van der Waals surface area (Å²) in [5, 5.41) is 5.66. The molecule has 1 saturated carbocycles. The third-order valence-corrected chi connectivity index (χ3v) is 5.83. The van der Waals surface area contributed by atoms with Gasteiger partial charge in [-0.3, -0.25) is 9.59 Å². The first kappa shape index (κ1) is 21.6. The van der Waals surface area contributed by atoms with Gasteiger partial charge in [0.25, 0.3) is 11.8 Å². The Balaban J connectivity index is 1.62. The maximum Gasteiger partial charge on any atom is 0.341 e. The van der Waals surface area contributed by atoms with Crippen molar-refractivity contribution in [2.45, 2.75) is 52.2 Å². The minimum Gasteiger partial charge on any atom is -0.459 e. The highest BCUT2D eigenvalue weighted by Crippen LogP contribution is 2.29. The number of hydrogen-bond acceptors (Lipinski definition) is 5. The molecule has 0 bridgehead atoms. The normalized spacial score (nSPS) is 22.0. The maximum absolute atomic E-state index is 12.7. The van der Waals surface area contributed by atoms with E-state index in [2.05, 4.69) is 24.5 Å². The molecule has 160 valence electrons. The molecule has 1 heterocycles. The van der Waals surface area contributed by atoms with Crippen LogP contribution in [0.1, 0.15) is 60.9 Å². The summed E-state index contributed by atoms with van der Waals surface area (Å²) in [5.74, 6) is -0.424. The molecule has 0 aliphatic heterocycles. The van der Waals surface area contributed by atoms with E-state index in [1.54, 1.807) is 31.2 Å². The van der Waals surface area contributed by atoms with Crippen molar-refractivity contribution in [3.05, 3.63) is 54.0 Å². The van der Waals surface area contributed by atoms with Crippen LogP contribution in [0, 0.1) is 11.8 Å². The van der Waals surface area contributed by atoms with Gasteiger partial charge >= 0.3 is 5.97 Å². The molecule has 1 aromatic heterocycles. The summed E-state index contributed by atoms with van der Waals surface area (Å²) in [6.45, 7) is 5.89. The van der Waals surface area contributed by atoms with Gasteiger partial charge in [-0.25, -0.2) is 4.79 Å². The van der Waals surface area contributed by atoms with E-state index in [1.807, 2.05) is 0 Å². The lowest BCUT2D eigenvalue weighted by molar-refractivity contribution is -0.130. The fourth-order valence-corrected chi connectivity index (χ4v) is 3.73. The number of carbonyl (C=O) groups is 3. The molecule has 2 aromatic rings. The van der Waals surface area contributed by atoms with E-state index in [0.717, 1.165) is 12.8 Å². The molecular formula is C23H28N2O5. The number of esters is 1. The number of para-hydroxylation sites is 1. The molecular weight excluding hydrogens is 384 g/mol. The smallest absolute Gasteiger partial charge is 0.341 e. The van der Waals surface area contributed by atoms with Crippen molar-refractivity contribution in [2.24, 2.45) is 11.8 Å². The van der Waals surface area contributed by atoms with Crippen molar-refractivity contribution in [2.75, 3.05) is 5.32 Å². The minimum absolute atomic E-state index is 0.0854. The van der Waals surface area contributed by atoms with Gasteiger partial charge in [0.15, 0.2) is 11.9 Å². The van der Waals surface area contributed by atoms with Crippen LogP contribution in [-0.4, -0.2) is 29.9 Å². The zero-order valence-electron chi connectivity index (χ0n) is 17.5. The molecule has 0 spiro atoms. The average Bonchev–Trinajstić information content (AvgIpc) is 3.26. The predicted molar refractivity (Wildman–Crippen MR) is 112 cm³/mol. The van der Waals surface area contributed by atoms with Crippen LogP contribution in [0.2, 0.25) is 0 Å². The highest BCUT2D eigenvalue weighted by atomic mass is 16.5. The van der Waals surface area contributed by atoms with Gasteiger partial charge in [-0.05, 0) is 49.4 Å². The van der Waals surface area contributed by atoms with E-state index in [-0.39, 0.29) is 29.0 Å². The van der Waals surface area contributed by atoms with Crippen LogP contribution in [0.5, 0.6) is 0 Å². The van der Waals surface area contributed by atoms with Crippen LogP contribution < -0.4 is 10.6 Å². The number of hydrogen-bond donors (Lipinski definition) is 2. The third-order valence-electron chi connectivity index (χ3n) is 5.83. The first-order valence-corrected chi connectivity index (χ1v) is 10.3. The molecule has 2 amide bonds. The van der Waals surface area contributed by atoms with Crippen LogP contribution in [0.15, 0.2) is 47.1 Å². The second-order valence-electron chi connectivity index (χ2n) is 7.91. The Morgan fingerprint density at radius 1 is 1.10 bits per heavy atom. The van der Waals surface area contributed by atoms with E-state index < -0.39 is 18.0 Å². The van der Waals surface area contributed by atoms with Crippen molar-refractivity contribution >= 4 is 23.5 Å². The molecule has 1 aromatic carbocycles. The van der Waals surface area contributed by atoms with E-state index in [1.165, 1.54) is 24.8 Å². The van der Waals surface area contributed by atoms with Crippen molar-refractivity contribution < 1.29 is 23.5 Å². The average molecular weight is 412 g/mol. The Morgan fingerprint density at radius 2 is 1.87 bits per heavy atom. The third kappa shape index (κ3) is 5.09. The van der Waals surface area contributed by atoms with E-state index in [4.69, 9.17) is 9.15 Å². The molecule has 0 saturated heterocycles. The van der Waals surface area contributed by atoms with E-state index in [9.17, 15) is 14.4 Å². The standard InChI is InChI=1S/C23H28N2O5/c1-14-8-6-11-18(15(14)2)24-21(26)16(3)30-23(28)17-9-4-5-10-19(17)25-22(27)20-12-7-13-29-20/h4-5,7,9-10,12-16,18H,6,8,11H2,1-3H3,(H,24,26)(H,25,27)/t14-,15-,16-,18-/m1/s1. The summed E-state index contributed by atoms with van der Waals surface area (Å²) < 4.78 is 10.5. The number of anilines is 1. The summed E-state index contributed by atoms with van der Waals surface area (Å²) in [4.78, 5) is 37.5. The predicted octanol–water partition coefficient (Wildman–Crippen LogP) is 4.02. The molecule has 4 atom stereocenters. The molecule has 0 radical (unpaired) electrons. The molecule has 1 aliphatic carbocycles. The minimum atomic E-state index is -0.948. The summed E-state index contributed by atoms with van der Waals surface area (Å²) in [6, 6.07) is 9.69. The lowest BCUT2D eigenvalue weighted by atomic mass is 9.78. The molecule has 1 fully saturated rings. The summed E-state index contributed by atoms with van der Waals surface area (Å²) in [7, 11) is 0.